The molecular formula is C10H9NO4. The van der Waals surface area contributed by atoms with Gasteiger partial charge in [0.25, 0.3) is 5.69 Å². The number of ether oxygens (including phenoxy) is 1. The van der Waals surface area contributed by atoms with Crippen LogP contribution in [0.2, 0.25) is 0 Å². The molecule has 0 saturated heterocycles. The molecule has 0 aliphatic rings. The van der Waals surface area contributed by atoms with E-state index in [0.717, 1.165) is 0 Å². The quantitative estimate of drug-likeness (QED) is 0.445. The Morgan fingerprint density at radius 2 is 2.33 bits per heavy atom. The van der Waals surface area contributed by atoms with Crippen LogP contribution in [-0.2, 0) is 0 Å². The maximum Gasteiger partial charge on any atom is 0.288 e. The fraction of sp³-hybridized carbons (Fsp3) is 0.200. The normalized spacial score (nSPS) is 8.93. The first-order valence-corrected chi connectivity index (χ1v) is 4.11. The van der Waals surface area contributed by atoms with Gasteiger partial charge in [0.15, 0.2) is 0 Å². The lowest BCUT2D eigenvalue weighted by molar-refractivity contribution is -0.385. The Kier molecular flexibility index (Phi) is 3.66. The standard InChI is InChI=1S/C10H9NO4/c1-15-10-6-2-5-9(11(13)14)8(10)4-3-7-12/h2,5-6,12H,7H2,1H3. The summed E-state index contributed by atoms with van der Waals surface area (Å²) in [6, 6.07) is 4.43. The van der Waals surface area contributed by atoms with Gasteiger partial charge in [0.1, 0.15) is 17.9 Å². The van der Waals surface area contributed by atoms with E-state index in [4.69, 9.17) is 9.84 Å². The molecule has 0 unspecified atom stereocenters. The number of methoxy groups -OCH3 is 1. The highest BCUT2D eigenvalue weighted by molar-refractivity contribution is 5.58. The first-order valence-electron chi connectivity index (χ1n) is 4.11. The number of hydrogen-bond donors (Lipinski definition) is 1. The van der Waals surface area contributed by atoms with Gasteiger partial charge in [-0.25, -0.2) is 0 Å². The molecule has 0 atom stereocenters. The lowest BCUT2D eigenvalue weighted by atomic mass is 10.1. The number of hydrogen-bond acceptors (Lipinski definition) is 4. The first-order chi connectivity index (χ1) is 7.20. The molecule has 15 heavy (non-hydrogen) atoms. The van der Waals surface area contributed by atoms with Crippen molar-refractivity contribution < 1.29 is 14.8 Å². The molecule has 1 aromatic carbocycles. The maximum atomic E-state index is 10.7. The Labute approximate surface area is 86.5 Å². The van der Waals surface area contributed by atoms with Crippen LogP contribution in [0, 0.1) is 22.0 Å². The van der Waals surface area contributed by atoms with Gasteiger partial charge in [-0.05, 0) is 6.07 Å². The molecule has 0 bridgehead atoms. The number of aliphatic hydroxyl groups excluding tert-OH is 1. The number of aliphatic hydroxyl groups is 1. The van der Waals surface area contributed by atoms with Gasteiger partial charge >= 0.3 is 0 Å². The van der Waals surface area contributed by atoms with Crippen molar-refractivity contribution in [1.82, 2.24) is 0 Å². The second-order valence-corrected chi connectivity index (χ2v) is 2.57. The summed E-state index contributed by atoms with van der Waals surface area (Å²) in [5, 5.41) is 19.2. The average molecular weight is 207 g/mol. The highest BCUT2D eigenvalue weighted by Crippen LogP contribution is 2.26. The molecule has 1 aromatic rings. The summed E-state index contributed by atoms with van der Waals surface area (Å²) < 4.78 is 4.94. The van der Waals surface area contributed by atoms with Gasteiger partial charge in [-0.1, -0.05) is 17.9 Å². The van der Waals surface area contributed by atoms with Crippen molar-refractivity contribution in [3.63, 3.8) is 0 Å². The fourth-order valence-electron chi connectivity index (χ4n) is 1.10. The molecule has 78 valence electrons. The summed E-state index contributed by atoms with van der Waals surface area (Å²) in [5.41, 5.74) is 0.0503. The molecular weight excluding hydrogens is 198 g/mol. The van der Waals surface area contributed by atoms with Crippen molar-refractivity contribution in [2.24, 2.45) is 0 Å². The van der Waals surface area contributed by atoms with Gasteiger partial charge in [-0.15, -0.1) is 0 Å². The van der Waals surface area contributed by atoms with E-state index in [1.54, 1.807) is 6.07 Å². The van der Waals surface area contributed by atoms with Crippen LogP contribution in [0.3, 0.4) is 0 Å². The molecule has 5 nitrogen and oxygen atoms in total. The third kappa shape index (κ3) is 2.45. The van der Waals surface area contributed by atoms with Crippen LogP contribution < -0.4 is 4.74 Å². The summed E-state index contributed by atoms with van der Waals surface area (Å²) in [7, 11) is 1.41. The van der Waals surface area contributed by atoms with Gasteiger partial charge in [-0.2, -0.15) is 0 Å². The third-order valence-corrected chi connectivity index (χ3v) is 1.71. The molecule has 0 fully saturated rings. The van der Waals surface area contributed by atoms with Gasteiger partial charge in [0, 0.05) is 6.07 Å². The number of benzene rings is 1. The van der Waals surface area contributed by atoms with E-state index in [0.29, 0.717) is 5.75 Å². The number of nitrogens with zero attached hydrogens (tertiary/aromatic N) is 1. The molecule has 0 aliphatic heterocycles. The van der Waals surface area contributed by atoms with Crippen LogP contribution in [0.5, 0.6) is 5.75 Å². The van der Waals surface area contributed by atoms with E-state index >= 15 is 0 Å². The highest BCUT2D eigenvalue weighted by Gasteiger charge is 2.15. The lowest BCUT2D eigenvalue weighted by Crippen LogP contribution is -1.95. The van der Waals surface area contributed by atoms with Crippen LogP contribution in [0.15, 0.2) is 18.2 Å². The molecule has 0 heterocycles. The predicted molar refractivity (Wildman–Crippen MR) is 53.6 cm³/mol. The zero-order chi connectivity index (χ0) is 11.3. The van der Waals surface area contributed by atoms with Crippen molar-refractivity contribution in [2.75, 3.05) is 13.7 Å². The Bertz CT molecular complexity index is 431. The van der Waals surface area contributed by atoms with E-state index in [-0.39, 0.29) is 17.9 Å². The van der Waals surface area contributed by atoms with E-state index in [2.05, 4.69) is 11.8 Å². The van der Waals surface area contributed by atoms with Crippen molar-refractivity contribution in [3.05, 3.63) is 33.9 Å². The van der Waals surface area contributed by atoms with Crippen molar-refractivity contribution in [3.8, 4) is 17.6 Å². The Balaban J connectivity index is 3.33. The molecule has 0 spiro atoms. The molecule has 0 amide bonds. The van der Waals surface area contributed by atoms with Gasteiger partial charge in [0.2, 0.25) is 0 Å². The lowest BCUT2D eigenvalue weighted by Gasteiger charge is -2.02. The second kappa shape index (κ2) is 4.98. The Hall–Kier alpha value is -2.06. The molecule has 0 radical (unpaired) electrons. The zero-order valence-electron chi connectivity index (χ0n) is 8.06. The summed E-state index contributed by atoms with van der Waals surface area (Å²) in [5.74, 6) is 5.18. The minimum Gasteiger partial charge on any atom is -0.495 e. The summed E-state index contributed by atoms with van der Waals surface area (Å²) in [6.45, 7) is -0.352. The van der Waals surface area contributed by atoms with Crippen LogP contribution in [-0.4, -0.2) is 23.7 Å². The van der Waals surface area contributed by atoms with Gasteiger partial charge < -0.3 is 9.84 Å². The largest absolute Gasteiger partial charge is 0.495 e. The maximum absolute atomic E-state index is 10.7. The minimum absolute atomic E-state index is 0.129. The van der Waals surface area contributed by atoms with Crippen LogP contribution in [0.1, 0.15) is 5.56 Å². The summed E-state index contributed by atoms with van der Waals surface area (Å²) in [4.78, 5) is 10.1. The molecule has 1 rings (SSSR count). The molecule has 0 aliphatic carbocycles. The third-order valence-electron chi connectivity index (χ3n) is 1.71. The first kappa shape index (κ1) is 11.0. The van der Waals surface area contributed by atoms with Crippen LogP contribution in [0.4, 0.5) is 5.69 Å². The van der Waals surface area contributed by atoms with Crippen molar-refractivity contribution in [1.29, 1.82) is 0 Å². The van der Waals surface area contributed by atoms with Crippen LogP contribution in [0.25, 0.3) is 0 Å². The molecule has 5 heteroatoms. The zero-order valence-corrected chi connectivity index (χ0v) is 8.06. The van der Waals surface area contributed by atoms with Gasteiger partial charge in [-0.3, -0.25) is 10.1 Å². The highest BCUT2D eigenvalue weighted by atomic mass is 16.6. The summed E-state index contributed by atoms with van der Waals surface area (Å²) >= 11 is 0. The predicted octanol–water partition coefficient (Wildman–Crippen LogP) is 0.947. The van der Waals surface area contributed by atoms with Crippen molar-refractivity contribution >= 4 is 5.69 Å². The van der Waals surface area contributed by atoms with E-state index in [1.807, 2.05) is 0 Å². The minimum atomic E-state index is -0.538. The van der Waals surface area contributed by atoms with Crippen molar-refractivity contribution in [2.45, 2.75) is 0 Å². The smallest absolute Gasteiger partial charge is 0.288 e. The average Bonchev–Trinajstić information content (AvgIpc) is 2.25. The van der Waals surface area contributed by atoms with E-state index in [9.17, 15) is 10.1 Å². The van der Waals surface area contributed by atoms with Crippen LogP contribution >= 0.6 is 0 Å². The second-order valence-electron chi connectivity index (χ2n) is 2.57. The fourth-order valence-corrected chi connectivity index (χ4v) is 1.10. The molecule has 0 saturated carbocycles. The monoisotopic (exact) mass is 207 g/mol. The number of rotatable bonds is 2. The number of nitro benzene ring substituents is 1. The molecule has 0 aromatic heterocycles. The molecule has 1 N–H and O–H groups in total. The van der Waals surface area contributed by atoms with E-state index in [1.165, 1.54) is 19.2 Å². The summed E-state index contributed by atoms with van der Waals surface area (Å²) in [6.07, 6.45) is 0. The Morgan fingerprint density at radius 3 is 2.87 bits per heavy atom. The van der Waals surface area contributed by atoms with Gasteiger partial charge in [0.05, 0.1) is 12.0 Å². The Morgan fingerprint density at radius 1 is 1.60 bits per heavy atom. The number of nitro groups is 1. The topological polar surface area (TPSA) is 72.6 Å². The van der Waals surface area contributed by atoms with E-state index < -0.39 is 4.92 Å². The SMILES string of the molecule is COc1cccc([N+](=O)[O-])c1C#CCO.